The van der Waals surface area contributed by atoms with Gasteiger partial charge in [-0.15, -0.1) is 11.3 Å². The highest BCUT2D eigenvalue weighted by Gasteiger charge is 2.22. The molecule has 6 heteroatoms. The molecule has 0 fully saturated rings. The van der Waals surface area contributed by atoms with Gasteiger partial charge in [-0.05, 0) is 41.5 Å². The normalized spacial score (nSPS) is 13.6. The molecule has 0 spiro atoms. The van der Waals surface area contributed by atoms with E-state index in [9.17, 15) is 4.79 Å². The summed E-state index contributed by atoms with van der Waals surface area (Å²) in [4.78, 5) is 19.9. The summed E-state index contributed by atoms with van der Waals surface area (Å²) in [7, 11) is 1.77. The minimum Gasteiger partial charge on any atom is -0.356 e. The lowest BCUT2D eigenvalue weighted by Gasteiger charge is -2.16. The van der Waals surface area contributed by atoms with E-state index < -0.39 is 0 Å². The Balaban J connectivity index is 1.35. The molecule has 1 aliphatic rings. The summed E-state index contributed by atoms with van der Waals surface area (Å²) in [6.07, 6.45) is 1.35. The van der Waals surface area contributed by atoms with Crippen molar-refractivity contribution in [1.82, 2.24) is 15.5 Å². The number of nitrogens with zero attached hydrogens (tertiary/aromatic N) is 2. The van der Waals surface area contributed by atoms with Crippen LogP contribution in [0.25, 0.3) is 0 Å². The number of amides is 1. The predicted octanol–water partition coefficient (Wildman–Crippen LogP) is 3.04. The molecule has 1 aromatic carbocycles. The first-order valence-corrected chi connectivity index (χ1v) is 9.87. The molecule has 0 saturated heterocycles. The Labute approximate surface area is 159 Å². The lowest BCUT2D eigenvalue weighted by molar-refractivity contribution is -0.131. The molecule has 26 heavy (non-hydrogen) atoms. The second kappa shape index (κ2) is 8.85. The second-order valence-corrected chi connectivity index (χ2v) is 7.50. The molecule has 0 saturated carbocycles. The average Bonchev–Trinajstić information content (AvgIpc) is 3.27. The van der Waals surface area contributed by atoms with Crippen LogP contribution in [0.15, 0.2) is 40.7 Å². The first-order valence-electron chi connectivity index (χ1n) is 8.99. The molecule has 0 unspecified atom stereocenters. The van der Waals surface area contributed by atoms with Crippen LogP contribution in [0.5, 0.6) is 0 Å². The first-order chi connectivity index (χ1) is 12.7. The zero-order valence-corrected chi connectivity index (χ0v) is 16.2. The maximum absolute atomic E-state index is 12.4. The predicted molar refractivity (Wildman–Crippen MR) is 107 cm³/mol. The third-order valence-corrected chi connectivity index (χ3v) is 5.68. The second-order valence-electron chi connectivity index (χ2n) is 6.50. The minimum atomic E-state index is 0.222. The Hall–Kier alpha value is -2.34. The van der Waals surface area contributed by atoms with Gasteiger partial charge in [-0.3, -0.25) is 9.79 Å². The Morgan fingerprint density at radius 1 is 1.19 bits per heavy atom. The van der Waals surface area contributed by atoms with E-state index in [-0.39, 0.29) is 5.91 Å². The van der Waals surface area contributed by atoms with Crippen molar-refractivity contribution in [3.63, 3.8) is 0 Å². The standard InChI is InChI=1S/C20H26N4OS/c1-15-9-11-26-18(15)12-23-20(21-2)22-10-5-8-19(25)24-13-16-6-3-4-7-17(16)14-24/h3-4,6-7,9,11H,5,8,10,12-14H2,1-2H3,(H2,21,22,23). The van der Waals surface area contributed by atoms with Gasteiger partial charge in [0.1, 0.15) is 0 Å². The average molecular weight is 371 g/mol. The van der Waals surface area contributed by atoms with Crippen LogP contribution in [0.1, 0.15) is 34.4 Å². The number of aliphatic imine (C=N–C) groups is 1. The zero-order chi connectivity index (χ0) is 18.4. The van der Waals surface area contributed by atoms with Crippen LogP contribution in [0.3, 0.4) is 0 Å². The van der Waals surface area contributed by atoms with Gasteiger partial charge in [0.25, 0.3) is 0 Å². The molecule has 1 aromatic heterocycles. The van der Waals surface area contributed by atoms with Crippen molar-refractivity contribution in [2.45, 2.75) is 39.4 Å². The molecule has 0 radical (unpaired) electrons. The maximum atomic E-state index is 12.4. The summed E-state index contributed by atoms with van der Waals surface area (Å²) in [5, 5.41) is 8.71. The van der Waals surface area contributed by atoms with Crippen molar-refractivity contribution in [2.24, 2.45) is 4.99 Å². The fourth-order valence-electron chi connectivity index (χ4n) is 3.08. The Morgan fingerprint density at radius 3 is 2.54 bits per heavy atom. The monoisotopic (exact) mass is 370 g/mol. The number of hydrogen-bond acceptors (Lipinski definition) is 3. The van der Waals surface area contributed by atoms with Gasteiger partial charge >= 0.3 is 0 Å². The molecule has 1 aliphatic heterocycles. The van der Waals surface area contributed by atoms with E-state index in [1.807, 2.05) is 17.0 Å². The van der Waals surface area contributed by atoms with Crippen LogP contribution in [0, 0.1) is 6.92 Å². The largest absolute Gasteiger partial charge is 0.356 e. The lowest BCUT2D eigenvalue weighted by atomic mass is 10.1. The summed E-state index contributed by atoms with van der Waals surface area (Å²) in [6, 6.07) is 10.4. The fourth-order valence-corrected chi connectivity index (χ4v) is 3.93. The molecule has 5 nitrogen and oxygen atoms in total. The summed E-state index contributed by atoms with van der Waals surface area (Å²) in [6.45, 7) is 5.10. The molecule has 0 aliphatic carbocycles. The van der Waals surface area contributed by atoms with Crippen molar-refractivity contribution >= 4 is 23.2 Å². The number of hydrogen-bond donors (Lipinski definition) is 2. The molecule has 2 N–H and O–H groups in total. The van der Waals surface area contributed by atoms with Gasteiger partial charge in [-0.1, -0.05) is 24.3 Å². The van der Waals surface area contributed by atoms with Gasteiger partial charge in [-0.25, -0.2) is 0 Å². The molecule has 2 heterocycles. The first kappa shape index (κ1) is 18.5. The van der Waals surface area contributed by atoms with E-state index in [4.69, 9.17) is 0 Å². The minimum absolute atomic E-state index is 0.222. The van der Waals surface area contributed by atoms with E-state index >= 15 is 0 Å². The number of benzene rings is 1. The van der Waals surface area contributed by atoms with Gasteiger partial charge in [0.05, 0.1) is 6.54 Å². The summed E-state index contributed by atoms with van der Waals surface area (Å²) >= 11 is 1.75. The van der Waals surface area contributed by atoms with Gasteiger partial charge in [0, 0.05) is 38.0 Å². The number of carbonyl (C=O) groups is 1. The summed E-state index contributed by atoms with van der Waals surface area (Å²) < 4.78 is 0. The van der Waals surface area contributed by atoms with E-state index in [0.717, 1.165) is 38.6 Å². The molecular formula is C20H26N4OS. The maximum Gasteiger partial charge on any atom is 0.223 e. The van der Waals surface area contributed by atoms with Crippen LogP contribution < -0.4 is 10.6 Å². The number of guanidine groups is 1. The van der Waals surface area contributed by atoms with Gasteiger partial charge in [-0.2, -0.15) is 0 Å². The fraction of sp³-hybridized carbons (Fsp3) is 0.400. The topological polar surface area (TPSA) is 56.7 Å². The molecular weight excluding hydrogens is 344 g/mol. The Kier molecular flexibility index (Phi) is 6.28. The molecule has 138 valence electrons. The number of fused-ring (bicyclic) bond motifs is 1. The number of rotatable bonds is 6. The zero-order valence-electron chi connectivity index (χ0n) is 15.4. The molecule has 3 rings (SSSR count). The highest BCUT2D eigenvalue weighted by Crippen LogP contribution is 2.22. The van der Waals surface area contributed by atoms with Crippen molar-refractivity contribution in [1.29, 1.82) is 0 Å². The summed E-state index contributed by atoms with van der Waals surface area (Å²) in [5.41, 5.74) is 3.84. The third kappa shape index (κ3) is 4.64. The van der Waals surface area contributed by atoms with E-state index in [1.165, 1.54) is 21.6 Å². The van der Waals surface area contributed by atoms with Crippen LogP contribution in [0.2, 0.25) is 0 Å². The van der Waals surface area contributed by atoms with Gasteiger partial charge < -0.3 is 15.5 Å². The van der Waals surface area contributed by atoms with Gasteiger partial charge in [0.15, 0.2) is 5.96 Å². The van der Waals surface area contributed by atoms with Crippen molar-refractivity contribution in [3.8, 4) is 0 Å². The molecule has 0 atom stereocenters. The van der Waals surface area contributed by atoms with Crippen LogP contribution in [-0.4, -0.2) is 30.4 Å². The van der Waals surface area contributed by atoms with E-state index in [0.29, 0.717) is 6.42 Å². The van der Waals surface area contributed by atoms with Crippen molar-refractivity contribution < 1.29 is 4.79 Å². The number of thiophene rings is 1. The van der Waals surface area contributed by atoms with Crippen LogP contribution in [-0.2, 0) is 24.4 Å². The van der Waals surface area contributed by atoms with Crippen molar-refractivity contribution in [3.05, 3.63) is 57.3 Å². The van der Waals surface area contributed by atoms with Crippen LogP contribution in [0.4, 0.5) is 0 Å². The smallest absolute Gasteiger partial charge is 0.223 e. The number of carbonyl (C=O) groups excluding carboxylic acids is 1. The third-order valence-electron chi connectivity index (χ3n) is 4.66. The van der Waals surface area contributed by atoms with E-state index in [1.54, 1.807) is 18.4 Å². The highest BCUT2D eigenvalue weighted by atomic mass is 32.1. The highest BCUT2D eigenvalue weighted by molar-refractivity contribution is 7.10. The van der Waals surface area contributed by atoms with E-state index in [2.05, 4.69) is 46.1 Å². The number of nitrogens with one attached hydrogen (secondary N) is 2. The number of aryl methyl sites for hydroxylation is 1. The molecule has 2 aromatic rings. The molecule has 0 bridgehead atoms. The lowest BCUT2D eigenvalue weighted by Crippen LogP contribution is -2.37. The molecule has 1 amide bonds. The van der Waals surface area contributed by atoms with Gasteiger partial charge in [0.2, 0.25) is 5.91 Å². The quantitative estimate of drug-likeness (QED) is 0.467. The van der Waals surface area contributed by atoms with Crippen LogP contribution >= 0.6 is 11.3 Å². The van der Waals surface area contributed by atoms with Crippen molar-refractivity contribution in [2.75, 3.05) is 13.6 Å². The Morgan fingerprint density at radius 2 is 1.92 bits per heavy atom. The SMILES string of the molecule is CN=C(NCCCC(=O)N1Cc2ccccc2C1)NCc1sccc1C. The summed E-state index contributed by atoms with van der Waals surface area (Å²) in [5.74, 6) is 0.999. The Bertz CT molecular complexity index is 759.